The molecule has 2 aromatic rings. The molecule has 0 spiro atoms. The Morgan fingerprint density at radius 2 is 2.04 bits per heavy atom. The maximum absolute atomic E-state index is 12.6. The van der Waals surface area contributed by atoms with E-state index in [1.54, 1.807) is 13.0 Å². The predicted octanol–water partition coefficient (Wildman–Crippen LogP) is 1.76. The van der Waals surface area contributed by atoms with Crippen molar-refractivity contribution in [3.05, 3.63) is 22.7 Å². The molecule has 138 valence electrons. The number of anilines is 1. The number of ether oxygens (including phenoxy) is 3. The highest BCUT2D eigenvalue weighted by Crippen LogP contribution is 2.37. The molecular formula is C16H22ClN3O5. The van der Waals surface area contributed by atoms with Gasteiger partial charge >= 0.3 is 5.97 Å². The SMILES string of the molecule is CCOC(=O)CCCn1cnc2cc(OC)c(OC)c(N)c2c1=O.Cl. The predicted molar refractivity (Wildman–Crippen MR) is 96.6 cm³/mol. The van der Waals surface area contributed by atoms with Gasteiger partial charge in [-0.25, -0.2) is 4.98 Å². The van der Waals surface area contributed by atoms with E-state index < -0.39 is 0 Å². The van der Waals surface area contributed by atoms with Crippen molar-refractivity contribution in [1.29, 1.82) is 0 Å². The van der Waals surface area contributed by atoms with Gasteiger partial charge in [-0.3, -0.25) is 14.2 Å². The highest BCUT2D eigenvalue weighted by atomic mass is 35.5. The zero-order chi connectivity index (χ0) is 17.7. The summed E-state index contributed by atoms with van der Waals surface area (Å²) in [5.74, 6) is 0.424. The topological polar surface area (TPSA) is 106 Å². The van der Waals surface area contributed by atoms with Crippen molar-refractivity contribution in [3.63, 3.8) is 0 Å². The lowest BCUT2D eigenvalue weighted by Gasteiger charge is -2.13. The summed E-state index contributed by atoms with van der Waals surface area (Å²) in [5.41, 5.74) is 6.38. The standard InChI is InChI=1S/C16H21N3O5.ClH/c1-4-24-12(20)6-5-7-19-9-18-10-8-11(22-2)15(23-3)14(17)13(10)16(19)21;/h8-9H,4-7,17H2,1-3H3;1H. The lowest BCUT2D eigenvalue weighted by atomic mass is 10.1. The summed E-state index contributed by atoms with van der Waals surface area (Å²) in [6.45, 7) is 2.43. The van der Waals surface area contributed by atoms with E-state index >= 15 is 0 Å². The average Bonchev–Trinajstić information content (AvgIpc) is 2.56. The van der Waals surface area contributed by atoms with Gasteiger partial charge < -0.3 is 19.9 Å². The number of aryl methyl sites for hydroxylation is 1. The van der Waals surface area contributed by atoms with Crippen LogP contribution >= 0.6 is 12.4 Å². The Kier molecular flexibility index (Phi) is 7.50. The minimum atomic E-state index is -0.290. The van der Waals surface area contributed by atoms with E-state index in [1.807, 2.05) is 0 Å². The number of benzene rings is 1. The molecule has 2 rings (SSSR count). The lowest BCUT2D eigenvalue weighted by molar-refractivity contribution is -0.143. The van der Waals surface area contributed by atoms with Crippen LogP contribution in [0.3, 0.4) is 0 Å². The molecule has 0 aliphatic carbocycles. The van der Waals surface area contributed by atoms with Crippen molar-refractivity contribution >= 4 is 35.0 Å². The molecule has 0 saturated heterocycles. The van der Waals surface area contributed by atoms with Crippen molar-refractivity contribution in [2.45, 2.75) is 26.3 Å². The average molecular weight is 372 g/mol. The minimum absolute atomic E-state index is 0. The van der Waals surface area contributed by atoms with Crippen molar-refractivity contribution in [2.24, 2.45) is 0 Å². The second-order valence-corrected chi connectivity index (χ2v) is 5.07. The third-order valence-corrected chi connectivity index (χ3v) is 3.58. The van der Waals surface area contributed by atoms with Crippen LogP contribution in [0.25, 0.3) is 10.9 Å². The van der Waals surface area contributed by atoms with E-state index in [4.69, 9.17) is 19.9 Å². The number of nitrogens with two attached hydrogens (primary N) is 1. The summed E-state index contributed by atoms with van der Waals surface area (Å²) in [6.07, 6.45) is 2.14. The number of carbonyl (C=O) groups excluding carboxylic acids is 1. The zero-order valence-corrected chi connectivity index (χ0v) is 15.2. The highest BCUT2D eigenvalue weighted by Gasteiger charge is 2.17. The summed E-state index contributed by atoms with van der Waals surface area (Å²) in [5, 5.41) is 0.270. The van der Waals surface area contributed by atoms with Gasteiger partial charge in [0.15, 0.2) is 11.5 Å². The molecular weight excluding hydrogens is 350 g/mol. The Morgan fingerprint density at radius 1 is 1.32 bits per heavy atom. The molecule has 1 aromatic heterocycles. The number of hydrogen-bond donors (Lipinski definition) is 1. The number of methoxy groups -OCH3 is 2. The molecule has 0 fully saturated rings. The highest BCUT2D eigenvalue weighted by molar-refractivity contribution is 5.95. The number of nitrogens with zero attached hydrogens (tertiary/aromatic N) is 2. The van der Waals surface area contributed by atoms with Crippen LogP contribution in [0.1, 0.15) is 19.8 Å². The van der Waals surface area contributed by atoms with Gasteiger partial charge in [0, 0.05) is 19.0 Å². The number of rotatable bonds is 7. The number of fused-ring (bicyclic) bond motifs is 1. The molecule has 0 radical (unpaired) electrons. The fourth-order valence-electron chi connectivity index (χ4n) is 2.45. The molecule has 0 aliphatic rings. The van der Waals surface area contributed by atoms with E-state index in [-0.39, 0.29) is 41.4 Å². The van der Waals surface area contributed by atoms with Gasteiger partial charge in [-0.05, 0) is 13.3 Å². The number of carbonyl (C=O) groups is 1. The first-order valence-corrected chi connectivity index (χ1v) is 7.58. The molecule has 0 amide bonds. The number of halogens is 1. The molecule has 0 saturated carbocycles. The van der Waals surface area contributed by atoms with E-state index in [1.165, 1.54) is 25.1 Å². The molecule has 0 bridgehead atoms. The van der Waals surface area contributed by atoms with Crippen LogP contribution in [0, 0.1) is 0 Å². The summed E-state index contributed by atoms with van der Waals surface area (Å²) in [6, 6.07) is 1.61. The van der Waals surface area contributed by atoms with Crippen molar-refractivity contribution in [2.75, 3.05) is 26.6 Å². The fraction of sp³-hybridized carbons (Fsp3) is 0.438. The third kappa shape index (κ3) is 4.33. The summed E-state index contributed by atoms with van der Waals surface area (Å²) in [4.78, 5) is 28.3. The van der Waals surface area contributed by atoms with Crippen LogP contribution in [0.2, 0.25) is 0 Å². The Hall–Kier alpha value is -2.48. The Labute approximate surface area is 151 Å². The first kappa shape index (κ1) is 20.6. The second-order valence-electron chi connectivity index (χ2n) is 5.07. The second kappa shape index (κ2) is 9.12. The smallest absolute Gasteiger partial charge is 0.305 e. The first-order valence-electron chi connectivity index (χ1n) is 7.58. The van der Waals surface area contributed by atoms with Gasteiger partial charge in [-0.2, -0.15) is 0 Å². The molecule has 2 N–H and O–H groups in total. The Balaban J connectivity index is 0.00000312. The maximum Gasteiger partial charge on any atom is 0.305 e. The summed E-state index contributed by atoms with van der Waals surface area (Å²) in [7, 11) is 2.94. The summed E-state index contributed by atoms with van der Waals surface area (Å²) >= 11 is 0. The molecule has 25 heavy (non-hydrogen) atoms. The Bertz CT molecular complexity index is 806. The van der Waals surface area contributed by atoms with Gasteiger partial charge in [0.2, 0.25) is 0 Å². The van der Waals surface area contributed by atoms with Gasteiger partial charge in [-0.15, -0.1) is 12.4 Å². The number of esters is 1. The van der Waals surface area contributed by atoms with E-state index in [0.29, 0.717) is 36.6 Å². The van der Waals surface area contributed by atoms with Crippen molar-refractivity contribution < 1.29 is 19.0 Å². The monoisotopic (exact) mass is 371 g/mol. The van der Waals surface area contributed by atoms with E-state index in [9.17, 15) is 9.59 Å². The lowest BCUT2D eigenvalue weighted by Crippen LogP contribution is -2.22. The van der Waals surface area contributed by atoms with Crippen LogP contribution in [-0.2, 0) is 16.1 Å². The molecule has 8 nitrogen and oxygen atoms in total. The largest absolute Gasteiger partial charge is 0.493 e. The van der Waals surface area contributed by atoms with Gasteiger partial charge in [0.1, 0.15) is 0 Å². The van der Waals surface area contributed by atoms with Crippen LogP contribution in [-0.4, -0.2) is 36.3 Å². The van der Waals surface area contributed by atoms with Gasteiger partial charge in [0.05, 0.1) is 43.7 Å². The molecule has 9 heteroatoms. The van der Waals surface area contributed by atoms with Crippen LogP contribution in [0.15, 0.2) is 17.2 Å². The van der Waals surface area contributed by atoms with Crippen molar-refractivity contribution in [3.8, 4) is 11.5 Å². The van der Waals surface area contributed by atoms with Crippen LogP contribution in [0.5, 0.6) is 11.5 Å². The van der Waals surface area contributed by atoms with Gasteiger partial charge in [0.25, 0.3) is 5.56 Å². The number of nitrogen functional groups attached to an aromatic ring is 1. The number of aromatic nitrogens is 2. The quantitative estimate of drug-likeness (QED) is 0.583. The van der Waals surface area contributed by atoms with E-state index in [0.717, 1.165) is 0 Å². The maximum atomic E-state index is 12.6. The van der Waals surface area contributed by atoms with Crippen LogP contribution < -0.4 is 20.8 Å². The van der Waals surface area contributed by atoms with E-state index in [2.05, 4.69) is 4.98 Å². The molecule has 1 heterocycles. The number of hydrogen-bond acceptors (Lipinski definition) is 7. The molecule has 0 unspecified atom stereocenters. The van der Waals surface area contributed by atoms with Crippen LogP contribution in [0.4, 0.5) is 5.69 Å². The third-order valence-electron chi connectivity index (χ3n) is 3.58. The molecule has 0 atom stereocenters. The Morgan fingerprint density at radius 3 is 2.64 bits per heavy atom. The first-order chi connectivity index (χ1) is 11.5. The fourth-order valence-corrected chi connectivity index (χ4v) is 2.45. The normalized spacial score (nSPS) is 10.2. The molecule has 0 aliphatic heterocycles. The molecule has 1 aromatic carbocycles. The summed E-state index contributed by atoms with van der Waals surface area (Å²) < 4.78 is 16.7. The van der Waals surface area contributed by atoms with Gasteiger partial charge in [-0.1, -0.05) is 0 Å². The van der Waals surface area contributed by atoms with Crippen molar-refractivity contribution in [1.82, 2.24) is 9.55 Å². The minimum Gasteiger partial charge on any atom is -0.493 e. The zero-order valence-electron chi connectivity index (χ0n) is 14.4.